The maximum Gasteiger partial charge on any atom is 0.162 e. The third-order valence-corrected chi connectivity index (χ3v) is 3.14. The predicted molar refractivity (Wildman–Crippen MR) is 66.0 cm³/mol. The van der Waals surface area contributed by atoms with E-state index in [4.69, 9.17) is 9.26 Å². The Bertz CT molecular complexity index is 515. The molecule has 0 amide bonds. The van der Waals surface area contributed by atoms with E-state index in [0.29, 0.717) is 0 Å². The molecule has 1 atom stereocenters. The molecule has 2 aromatic rings. The molecule has 1 saturated heterocycles. The Balaban J connectivity index is 1.82. The summed E-state index contributed by atoms with van der Waals surface area (Å²) < 4.78 is 10.7. The second-order valence-electron chi connectivity index (χ2n) is 4.36. The summed E-state index contributed by atoms with van der Waals surface area (Å²) in [5.41, 5.74) is 2.99. The van der Waals surface area contributed by atoms with Crippen molar-refractivity contribution in [1.82, 2.24) is 15.7 Å². The average molecular weight is 245 g/mol. The smallest absolute Gasteiger partial charge is 0.162 e. The molecule has 1 aromatic carbocycles. The zero-order chi connectivity index (χ0) is 12.4. The number of morpholine rings is 1. The van der Waals surface area contributed by atoms with Crippen molar-refractivity contribution in [3.8, 4) is 11.3 Å². The molecular weight excluding hydrogens is 230 g/mol. The lowest BCUT2D eigenvalue weighted by Gasteiger charge is -2.24. The molecule has 1 aromatic heterocycles. The number of nitrogens with zero attached hydrogens (tertiary/aromatic N) is 2. The molecule has 0 spiro atoms. The van der Waals surface area contributed by atoms with Crippen LogP contribution in [0.1, 0.15) is 17.4 Å². The van der Waals surface area contributed by atoms with Gasteiger partial charge in [0.2, 0.25) is 0 Å². The van der Waals surface area contributed by atoms with Gasteiger partial charge in [-0.3, -0.25) is 0 Å². The molecule has 94 valence electrons. The Morgan fingerprint density at radius 3 is 2.72 bits per heavy atom. The van der Waals surface area contributed by atoms with E-state index in [9.17, 15) is 0 Å². The molecule has 0 bridgehead atoms. The maximum atomic E-state index is 5.71. The number of ether oxygens (including phenoxy) is 1. The molecule has 18 heavy (non-hydrogen) atoms. The highest BCUT2D eigenvalue weighted by atomic mass is 16.5. The summed E-state index contributed by atoms with van der Waals surface area (Å²) in [6.45, 7) is 4.42. The van der Waals surface area contributed by atoms with Crippen LogP contribution in [0.25, 0.3) is 11.3 Å². The van der Waals surface area contributed by atoms with Crippen molar-refractivity contribution in [2.24, 2.45) is 0 Å². The molecule has 1 unspecified atom stereocenters. The minimum atomic E-state index is 0.143. The van der Waals surface area contributed by atoms with Gasteiger partial charge in [-0.2, -0.15) is 0 Å². The van der Waals surface area contributed by atoms with E-state index in [1.54, 1.807) is 0 Å². The highest BCUT2D eigenvalue weighted by Gasteiger charge is 2.16. The number of hydrogen-bond acceptors (Lipinski definition) is 5. The fourth-order valence-electron chi connectivity index (χ4n) is 2.13. The fourth-order valence-corrected chi connectivity index (χ4v) is 2.13. The van der Waals surface area contributed by atoms with E-state index in [1.165, 1.54) is 5.56 Å². The number of rotatable bonds is 2. The Labute approximate surface area is 105 Å². The highest BCUT2D eigenvalue weighted by molar-refractivity contribution is 5.60. The lowest BCUT2D eigenvalue weighted by molar-refractivity contribution is 0.0277. The summed E-state index contributed by atoms with van der Waals surface area (Å²) in [5, 5.41) is 10.8. The summed E-state index contributed by atoms with van der Waals surface area (Å²) in [6, 6.07) is 8.20. The topological polar surface area (TPSA) is 60.2 Å². The molecule has 3 rings (SSSR count). The van der Waals surface area contributed by atoms with Crippen LogP contribution in [-0.4, -0.2) is 30.1 Å². The van der Waals surface area contributed by atoms with Crippen LogP contribution >= 0.6 is 0 Å². The summed E-state index contributed by atoms with van der Waals surface area (Å²) in [6.07, 6.45) is 0.143. The lowest BCUT2D eigenvalue weighted by atomic mass is 10.0. The quantitative estimate of drug-likeness (QED) is 0.872. The van der Waals surface area contributed by atoms with Gasteiger partial charge in [-0.15, -0.1) is 5.10 Å². The standard InChI is InChI=1S/C13H15N3O2/c1-9-13(15-16-18-9)11-4-2-10(3-5-11)12-8-14-6-7-17-12/h2-5,12,14H,6-8H2,1H3. The van der Waals surface area contributed by atoms with Crippen LogP contribution in [0.2, 0.25) is 0 Å². The Kier molecular flexibility index (Phi) is 3.08. The molecule has 1 N–H and O–H groups in total. The first-order chi connectivity index (χ1) is 8.84. The van der Waals surface area contributed by atoms with Crippen LogP contribution in [0.15, 0.2) is 28.8 Å². The highest BCUT2D eigenvalue weighted by Crippen LogP contribution is 2.24. The van der Waals surface area contributed by atoms with Gasteiger partial charge in [0.25, 0.3) is 0 Å². The maximum absolute atomic E-state index is 5.71. The molecule has 0 saturated carbocycles. The third kappa shape index (κ3) is 2.14. The summed E-state index contributed by atoms with van der Waals surface area (Å²) in [4.78, 5) is 0. The fraction of sp³-hybridized carbons (Fsp3) is 0.385. The monoisotopic (exact) mass is 245 g/mol. The molecule has 1 fully saturated rings. The second kappa shape index (κ2) is 4.88. The molecule has 1 aliphatic heterocycles. The van der Waals surface area contributed by atoms with E-state index in [0.717, 1.165) is 36.7 Å². The minimum absolute atomic E-state index is 0.143. The second-order valence-corrected chi connectivity index (χ2v) is 4.36. The van der Waals surface area contributed by atoms with Gasteiger partial charge in [0.1, 0.15) is 5.69 Å². The van der Waals surface area contributed by atoms with Crippen LogP contribution in [0.5, 0.6) is 0 Å². The first kappa shape index (κ1) is 11.4. The van der Waals surface area contributed by atoms with Gasteiger partial charge in [0.15, 0.2) is 5.76 Å². The molecule has 1 aliphatic rings. The zero-order valence-electron chi connectivity index (χ0n) is 10.2. The molecule has 0 radical (unpaired) electrons. The normalized spacial score (nSPS) is 19.9. The van der Waals surface area contributed by atoms with Crippen molar-refractivity contribution in [2.45, 2.75) is 13.0 Å². The van der Waals surface area contributed by atoms with E-state index < -0.39 is 0 Å². The molecular formula is C13H15N3O2. The molecule has 5 heteroatoms. The van der Waals surface area contributed by atoms with Gasteiger partial charge in [-0.25, -0.2) is 0 Å². The van der Waals surface area contributed by atoms with Crippen LogP contribution in [0.4, 0.5) is 0 Å². The van der Waals surface area contributed by atoms with Gasteiger partial charge >= 0.3 is 0 Å². The van der Waals surface area contributed by atoms with Crippen LogP contribution in [0.3, 0.4) is 0 Å². The molecule has 0 aliphatic carbocycles. The van der Waals surface area contributed by atoms with Crippen LogP contribution in [-0.2, 0) is 4.74 Å². The lowest BCUT2D eigenvalue weighted by Crippen LogP contribution is -2.33. The zero-order valence-corrected chi connectivity index (χ0v) is 10.2. The van der Waals surface area contributed by atoms with Gasteiger partial charge in [-0.05, 0) is 12.5 Å². The first-order valence-corrected chi connectivity index (χ1v) is 6.06. The largest absolute Gasteiger partial charge is 0.371 e. The Morgan fingerprint density at radius 1 is 1.28 bits per heavy atom. The Hall–Kier alpha value is -1.72. The van der Waals surface area contributed by atoms with E-state index in [1.807, 2.05) is 19.1 Å². The number of benzene rings is 1. The van der Waals surface area contributed by atoms with Crippen molar-refractivity contribution in [1.29, 1.82) is 0 Å². The SMILES string of the molecule is Cc1onnc1-c1ccc(C2CNCCO2)cc1. The number of hydrogen-bond donors (Lipinski definition) is 1. The first-order valence-electron chi connectivity index (χ1n) is 6.06. The van der Waals surface area contributed by atoms with Gasteiger partial charge in [-0.1, -0.05) is 24.3 Å². The molecule has 2 heterocycles. The van der Waals surface area contributed by atoms with Gasteiger partial charge < -0.3 is 14.6 Å². The van der Waals surface area contributed by atoms with Crippen molar-refractivity contribution in [2.75, 3.05) is 19.7 Å². The van der Waals surface area contributed by atoms with Crippen LogP contribution < -0.4 is 5.32 Å². The van der Waals surface area contributed by atoms with Gasteiger partial charge in [0.05, 0.1) is 12.7 Å². The number of aromatic nitrogens is 2. The molecule has 5 nitrogen and oxygen atoms in total. The van der Waals surface area contributed by atoms with Crippen molar-refractivity contribution < 1.29 is 9.26 Å². The van der Waals surface area contributed by atoms with E-state index in [2.05, 4.69) is 27.8 Å². The van der Waals surface area contributed by atoms with Crippen molar-refractivity contribution >= 4 is 0 Å². The van der Waals surface area contributed by atoms with E-state index >= 15 is 0 Å². The summed E-state index contributed by atoms with van der Waals surface area (Å²) in [7, 11) is 0. The van der Waals surface area contributed by atoms with Crippen LogP contribution in [0, 0.1) is 6.92 Å². The summed E-state index contributed by atoms with van der Waals surface area (Å²) in [5.74, 6) is 0.735. The average Bonchev–Trinajstić information content (AvgIpc) is 2.86. The summed E-state index contributed by atoms with van der Waals surface area (Å²) >= 11 is 0. The number of aryl methyl sites for hydroxylation is 1. The van der Waals surface area contributed by atoms with Gasteiger partial charge in [0, 0.05) is 23.9 Å². The predicted octanol–water partition coefficient (Wildman–Crippen LogP) is 1.71. The minimum Gasteiger partial charge on any atom is -0.371 e. The Morgan fingerprint density at radius 2 is 2.11 bits per heavy atom. The third-order valence-electron chi connectivity index (χ3n) is 3.14. The number of nitrogens with one attached hydrogen (secondary N) is 1. The van der Waals surface area contributed by atoms with E-state index in [-0.39, 0.29) is 6.10 Å². The van der Waals surface area contributed by atoms with Crippen molar-refractivity contribution in [3.05, 3.63) is 35.6 Å². The van der Waals surface area contributed by atoms with Crippen molar-refractivity contribution in [3.63, 3.8) is 0 Å².